The Labute approximate surface area is 153 Å². The summed E-state index contributed by atoms with van der Waals surface area (Å²) in [6.45, 7) is 4.35. The molecule has 0 aliphatic rings. The van der Waals surface area contributed by atoms with Gasteiger partial charge in [0.1, 0.15) is 6.04 Å². The Morgan fingerprint density at radius 3 is 2.50 bits per heavy atom. The lowest BCUT2D eigenvalue weighted by molar-refractivity contribution is -0.144. The molecule has 0 spiro atoms. The number of hydrogen-bond donors (Lipinski definition) is 3. The van der Waals surface area contributed by atoms with Crippen molar-refractivity contribution < 1.29 is 23.9 Å². The van der Waals surface area contributed by atoms with E-state index in [0.29, 0.717) is 13.2 Å². The Kier molecular flexibility index (Phi) is 9.14. The van der Waals surface area contributed by atoms with Crippen molar-refractivity contribution in [2.75, 3.05) is 20.3 Å². The summed E-state index contributed by atoms with van der Waals surface area (Å²) in [6, 6.07) is 6.50. The molecule has 0 aromatic heterocycles. The molecule has 1 aromatic rings. The number of carbonyl (C=O) groups excluding carboxylic acids is 3. The number of amides is 2. The van der Waals surface area contributed by atoms with Crippen molar-refractivity contribution in [3.63, 3.8) is 0 Å². The molecule has 0 radical (unpaired) electrons. The molecule has 0 fully saturated rings. The predicted octanol–water partition coefficient (Wildman–Crippen LogP) is 0.728. The maximum Gasteiger partial charge on any atom is 0.407 e. The van der Waals surface area contributed by atoms with Crippen molar-refractivity contribution in [3.05, 3.63) is 35.4 Å². The van der Waals surface area contributed by atoms with Crippen LogP contribution in [0.25, 0.3) is 0 Å². The van der Waals surface area contributed by atoms with Crippen LogP contribution in [0.3, 0.4) is 0 Å². The fourth-order valence-corrected chi connectivity index (χ4v) is 2.16. The van der Waals surface area contributed by atoms with Crippen LogP contribution in [0, 0.1) is 5.92 Å². The van der Waals surface area contributed by atoms with Gasteiger partial charge >= 0.3 is 12.1 Å². The summed E-state index contributed by atoms with van der Waals surface area (Å²) in [5.74, 6) is -0.721. The van der Waals surface area contributed by atoms with Crippen molar-refractivity contribution in [1.29, 1.82) is 0 Å². The van der Waals surface area contributed by atoms with Crippen molar-refractivity contribution in [2.24, 2.45) is 11.7 Å². The van der Waals surface area contributed by atoms with Crippen LogP contribution in [-0.2, 0) is 32.0 Å². The fraction of sp³-hybridized carbons (Fsp3) is 0.500. The molecule has 0 saturated carbocycles. The summed E-state index contributed by atoms with van der Waals surface area (Å²) in [5, 5.41) is 5.21. The van der Waals surface area contributed by atoms with Crippen LogP contribution in [0.15, 0.2) is 24.3 Å². The first-order chi connectivity index (χ1) is 12.3. The molecule has 1 unspecified atom stereocenters. The van der Waals surface area contributed by atoms with E-state index in [9.17, 15) is 14.4 Å². The van der Waals surface area contributed by atoms with E-state index in [1.165, 1.54) is 7.11 Å². The number of nitrogens with one attached hydrogen (secondary N) is 2. The second-order valence-corrected chi connectivity index (χ2v) is 6.22. The third kappa shape index (κ3) is 7.98. The molecular weight excluding hydrogens is 338 g/mol. The van der Waals surface area contributed by atoms with E-state index in [0.717, 1.165) is 11.1 Å². The average molecular weight is 365 g/mol. The summed E-state index contributed by atoms with van der Waals surface area (Å²) >= 11 is 0. The van der Waals surface area contributed by atoms with Gasteiger partial charge in [-0.05, 0) is 17.0 Å². The van der Waals surface area contributed by atoms with Crippen LogP contribution in [-0.4, -0.2) is 44.3 Å². The van der Waals surface area contributed by atoms with Crippen LogP contribution in [0.2, 0.25) is 0 Å². The zero-order valence-electron chi connectivity index (χ0n) is 15.4. The minimum absolute atomic E-state index is 0.212. The molecule has 4 N–H and O–H groups in total. The highest BCUT2D eigenvalue weighted by Crippen LogP contribution is 2.09. The number of carbonyl (C=O) groups is 3. The molecule has 1 aromatic carbocycles. The number of esters is 1. The summed E-state index contributed by atoms with van der Waals surface area (Å²) in [5.41, 5.74) is 6.93. The van der Waals surface area contributed by atoms with Crippen molar-refractivity contribution in [3.8, 4) is 0 Å². The zero-order valence-corrected chi connectivity index (χ0v) is 15.4. The number of rotatable bonds is 9. The SMILES string of the molecule is COC(=O)C(Cc1cccc(CNC(=O)OCC(C)C)c1)NC(=O)CN. The number of ether oxygens (including phenoxy) is 2. The molecule has 1 rings (SSSR count). The lowest BCUT2D eigenvalue weighted by atomic mass is 10.0. The lowest BCUT2D eigenvalue weighted by Gasteiger charge is -2.16. The number of hydrogen-bond acceptors (Lipinski definition) is 6. The monoisotopic (exact) mass is 365 g/mol. The number of benzene rings is 1. The second kappa shape index (κ2) is 11.1. The van der Waals surface area contributed by atoms with E-state index in [1.807, 2.05) is 38.1 Å². The summed E-state index contributed by atoms with van der Waals surface area (Å²) in [7, 11) is 1.26. The fourth-order valence-electron chi connectivity index (χ4n) is 2.16. The quantitative estimate of drug-likeness (QED) is 0.555. The van der Waals surface area contributed by atoms with Gasteiger partial charge in [0.2, 0.25) is 5.91 Å². The standard InChI is InChI=1S/C18H27N3O5/c1-12(2)11-26-18(24)20-10-14-6-4-5-13(7-14)8-15(17(23)25-3)21-16(22)9-19/h4-7,12,15H,8-11,19H2,1-3H3,(H,20,24)(H,21,22). The third-order valence-corrected chi connectivity index (χ3v) is 3.42. The van der Waals surface area contributed by atoms with Gasteiger partial charge in [0.05, 0.1) is 20.3 Å². The average Bonchev–Trinajstić information content (AvgIpc) is 2.63. The molecule has 2 amide bonds. The van der Waals surface area contributed by atoms with Crippen LogP contribution < -0.4 is 16.4 Å². The maximum atomic E-state index is 11.8. The van der Waals surface area contributed by atoms with E-state index in [-0.39, 0.29) is 18.9 Å². The van der Waals surface area contributed by atoms with E-state index in [4.69, 9.17) is 15.2 Å². The highest BCUT2D eigenvalue weighted by atomic mass is 16.5. The zero-order chi connectivity index (χ0) is 19.5. The minimum atomic E-state index is -0.824. The Balaban J connectivity index is 2.67. The highest BCUT2D eigenvalue weighted by molar-refractivity contribution is 5.85. The van der Waals surface area contributed by atoms with Gasteiger partial charge in [-0.25, -0.2) is 9.59 Å². The molecule has 1 atom stereocenters. The van der Waals surface area contributed by atoms with Crippen molar-refractivity contribution in [2.45, 2.75) is 32.9 Å². The van der Waals surface area contributed by atoms with E-state index < -0.39 is 24.0 Å². The van der Waals surface area contributed by atoms with Crippen LogP contribution >= 0.6 is 0 Å². The molecule has 8 nitrogen and oxygen atoms in total. The Morgan fingerprint density at radius 1 is 1.19 bits per heavy atom. The first-order valence-corrected chi connectivity index (χ1v) is 8.41. The second-order valence-electron chi connectivity index (χ2n) is 6.22. The normalized spacial score (nSPS) is 11.6. The smallest absolute Gasteiger partial charge is 0.407 e. The topological polar surface area (TPSA) is 120 Å². The molecule has 0 heterocycles. The van der Waals surface area contributed by atoms with Gasteiger partial charge in [-0.15, -0.1) is 0 Å². The molecule has 8 heteroatoms. The van der Waals surface area contributed by atoms with Gasteiger partial charge in [0.15, 0.2) is 0 Å². The molecule has 26 heavy (non-hydrogen) atoms. The number of methoxy groups -OCH3 is 1. The molecule has 0 bridgehead atoms. The Bertz CT molecular complexity index is 619. The van der Waals surface area contributed by atoms with Gasteiger partial charge in [0, 0.05) is 13.0 Å². The van der Waals surface area contributed by atoms with E-state index in [1.54, 1.807) is 0 Å². The van der Waals surface area contributed by atoms with Crippen LogP contribution in [0.5, 0.6) is 0 Å². The highest BCUT2D eigenvalue weighted by Gasteiger charge is 2.21. The largest absolute Gasteiger partial charge is 0.467 e. The molecule has 144 valence electrons. The Morgan fingerprint density at radius 2 is 1.88 bits per heavy atom. The molecule has 0 aliphatic heterocycles. The number of nitrogens with two attached hydrogens (primary N) is 1. The predicted molar refractivity (Wildman–Crippen MR) is 96.2 cm³/mol. The molecule has 0 aliphatic carbocycles. The molecule has 0 saturated heterocycles. The van der Waals surface area contributed by atoms with Gasteiger partial charge < -0.3 is 25.8 Å². The number of alkyl carbamates (subject to hydrolysis) is 1. The summed E-state index contributed by atoms with van der Waals surface area (Å²) in [4.78, 5) is 34.9. The third-order valence-electron chi connectivity index (χ3n) is 3.42. The van der Waals surface area contributed by atoms with Crippen molar-refractivity contribution >= 4 is 18.0 Å². The molecular formula is C18H27N3O5. The summed E-state index contributed by atoms with van der Waals surface area (Å²) < 4.78 is 9.77. The van der Waals surface area contributed by atoms with Gasteiger partial charge in [-0.3, -0.25) is 4.79 Å². The van der Waals surface area contributed by atoms with Gasteiger partial charge in [-0.1, -0.05) is 38.1 Å². The maximum absolute atomic E-state index is 11.8. The van der Waals surface area contributed by atoms with Crippen molar-refractivity contribution in [1.82, 2.24) is 10.6 Å². The minimum Gasteiger partial charge on any atom is -0.467 e. The van der Waals surface area contributed by atoms with Crippen LogP contribution in [0.4, 0.5) is 4.79 Å². The van der Waals surface area contributed by atoms with E-state index >= 15 is 0 Å². The van der Waals surface area contributed by atoms with Gasteiger partial charge in [0.25, 0.3) is 0 Å². The Hall–Kier alpha value is -2.61. The first-order valence-electron chi connectivity index (χ1n) is 8.41. The van der Waals surface area contributed by atoms with Gasteiger partial charge in [-0.2, -0.15) is 0 Å². The van der Waals surface area contributed by atoms with E-state index in [2.05, 4.69) is 10.6 Å². The van der Waals surface area contributed by atoms with Crippen LogP contribution in [0.1, 0.15) is 25.0 Å². The summed E-state index contributed by atoms with van der Waals surface area (Å²) in [6.07, 6.45) is -0.226. The lowest BCUT2D eigenvalue weighted by Crippen LogP contribution is -2.45. The first kappa shape index (κ1) is 21.4.